The molecule has 2 aromatic carbocycles. The summed E-state index contributed by atoms with van der Waals surface area (Å²) in [7, 11) is 0. The zero-order valence-corrected chi connectivity index (χ0v) is 47.2. The fraction of sp³-hybridized carbons (Fsp3) is 0.516. The van der Waals surface area contributed by atoms with Gasteiger partial charge >= 0.3 is 23.9 Å². The number of carbonyl (C=O) groups excluding carboxylic acids is 4. The second-order valence-electron chi connectivity index (χ2n) is 20.5. The molecule has 2 unspecified atom stereocenters. The highest BCUT2D eigenvalue weighted by Gasteiger charge is 2.36. The first-order valence-electron chi connectivity index (χ1n) is 26.2. The Labute approximate surface area is 453 Å². The van der Waals surface area contributed by atoms with Crippen LogP contribution in [0.2, 0.25) is 0 Å². The monoisotopic (exact) mass is 1060 g/mol. The molecule has 0 spiro atoms. The van der Waals surface area contributed by atoms with Gasteiger partial charge in [-0.15, -0.1) is 6.58 Å². The van der Waals surface area contributed by atoms with Crippen LogP contribution >= 0.6 is 0 Å². The molecule has 4 rings (SSSR count). The van der Waals surface area contributed by atoms with Crippen molar-refractivity contribution in [2.75, 3.05) is 0 Å². The van der Waals surface area contributed by atoms with Crippen LogP contribution in [-0.2, 0) is 51.0 Å². The molecule has 0 aliphatic carbocycles. The van der Waals surface area contributed by atoms with Gasteiger partial charge < -0.3 is 49.6 Å². The SMILES string of the molecule is C=C/C=C(\C)[C@H]1OC(=O)C[C@H](O)CC[C@@](C)(O)[C@@H](OC(C)=O)/C=C/[C@@H]1C.C=CC(C)(O)Cc1ccccc1.CC.CC(=O)O[C@H]1/C=C/[C@H](C)[C@@H](/C(C)=C/C=C/C(C)(O)Cc2ccccc2)OC(=O)C[C@H](O)CC[C@@]1(C)O. The Bertz CT molecular complexity index is 2250. The molecule has 76 heavy (non-hydrogen) atoms. The van der Waals surface area contributed by atoms with Crippen LogP contribution in [0.5, 0.6) is 0 Å². The van der Waals surface area contributed by atoms with Crippen molar-refractivity contribution in [1.82, 2.24) is 0 Å². The van der Waals surface area contributed by atoms with Gasteiger partial charge in [0.2, 0.25) is 0 Å². The predicted molar refractivity (Wildman–Crippen MR) is 298 cm³/mol. The van der Waals surface area contributed by atoms with Crippen molar-refractivity contribution in [3.05, 3.63) is 157 Å². The fourth-order valence-corrected chi connectivity index (χ4v) is 8.19. The van der Waals surface area contributed by atoms with Gasteiger partial charge in [-0.25, -0.2) is 0 Å². The molecule has 0 bridgehead atoms. The van der Waals surface area contributed by atoms with E-state index in [1.807, 2.05) is 102 Å². The van der Waals surface area contributed by atoms with E-state index < -0.39 is 82.9 Å². The van der Waals surface area contributed by atoms with Crippen molar-refractivity contribution in [2.45, 2.75) is 193 Å². The number of aliphatic hydroxyl groups excluding tert-OH is 2. The van der Waals surface area contributed by atoms with E-state index in [4.69, 9.17) is 18.9 Å². The summed E-state index contributed by atoms with van der Waals surface area (Å²) in [6.45, 7) is 27.7. The van der Waals surface area contributed by atoms with E-state index in [9.17, 15) is 49.8 Å². The third-order valence-electron chi connectivity index (χ3n) is 12.6. The second-order valence-corrected chi connectivity index (χ2v) is 20.5. The van der Waals surface area contributed by atoms with Crippen LogP contribution < -0.4 is 0 Å². The normalized spacial score (nSPS) is 29.3. The minimum atomic E-state index is -1.42. The topological polar surface area (TPSA) is 227 Å². The second kappa shape index (κ2) is 33.4. The van der Waals surface area contributed by atoms with Crippen LogP contribution in [0.4, 0.5) is 0 Å². The zero-order valence-electron chi connectivity index (χ0n) is 47.2. The summed E-state index contributed by atoms with van der Waals surface area (Å²) in [6.07, 6.45) is 13.2. The molecule has 0 saturated heterocycles. The maximum Gasteiger partial charge on any atom is 0.309 e. The summed E-state index contributed by atoms with van der Waals surface area (Å²) >= 11 is 0. The van der Waals surface area contributed by atoms with Crippen LogP contribution in [0.15, 0.2) is 146 Å². The Balaban J connectivity index is 0.000000625. The highest BCUT2D eigenvalue weighted by atomic mass is 16.6. The number of rotatable bonds is 12. The van der Waals surface area contributed by atoms with E-state index in [1.54, 1.807) is 88.5 Å². The summed E-state index contributed by atoms with van der Waals surface area (Å²) in [4.78, 5) is 47.8. The van der Waals surface area contributed by atoms with Crippen LogP contribution in [0.25, 0.3) is 0 Å². The lowest BCUT2D eigenvalue weighted by Crippen LogP contribution is -2.42. The number of hydrogen-bond donors (Lipinski definition) is 6. The Hall–Kier alpha value is -5.74. The van der Waals surface area contributed by atoms with E-state index in [0.29, 0.717) is 12.8 Å². The molecule has 0 saturated carbocycles. The van der Waals surface area contributed by atoms with Crippen molar-refractivity contribution in [1.29, 1.82) is 0 Å². The number of cyclic esters (lactones) is 2. The van der Waals surface area contributed by atoms with Gasteiger partial charge in [0.15, 0.2) is 0 Å². The summed E-state index contributed by atoms with van der Waals surface area (Å²) < 4.78 is 21.9. The summed E-state index contributed by atoms with van der Waals surface area (Å²) in [5.74, 6) is -2.65. The van der Waals surface area contributed by atoms with Gasteiger partial charge in [-0.2, -0.15) is 0 Å². The third kappa shape index (κ3) is 26.8. The summed E-state index contributed by atoms with van der Waals surface area (Å²) in [5.41, 5.74) is -0.977. The molecule has 0 aromatic heterocycles. The minimum Gasteiger partial charge on any atom is -0.457 e. The first kappa shape index (κ1) is 68.3. The average molecular weight is 1060 g/mol. The molecular formula is C62H90O14. The van der Waals surface area contributed by atoms with E-state index in [0.717, 1.165) is 22.3 Å². The highest BCUT2D eigenvalue weighted by molar-refractivity contribution is 5.71. The van der Waals surface area contributed by atoms with Gasteiger partial charge in [0.25, 0.3) is 0 Å². The first-order chi connectivity index (χ1) is 35.5. The quantitative estimate of drug-likeness (QED) is 0.0504. The van der Waals surface area contributed by atoms with Crippen LogP contribution in [0.1, 0.15) is 133 Å². The van der Waals surface area contributed by atoms with Crippen molar-refractivity contribution in [2.24, 2.45) is 11.8 Å². The van der Waals surface area contributed by atoms with Gasteiger partial charge in [0, 0.05) is 38.5 Å². The van der Waals surface area contributed by atoms with Crippen molar-refractivity contribution < 1.29 is 68.8 Å². The Morgan fingerprint density at radius 1 is 0.658 bits per heavy atom. The minimum absolute atomic E-state index is 0.133. The highest BCUT2D eigenvalue weighted by Crippen LogP contribution is 2.29. The molecule has 12 atom stereocenters. The molecule has 2 aliphatic heterocycles. The van der Waals surface area contributed by atoms with E-state index >= 15 is 0 Å². The number of esters is 4. The van der Waals surface area contributed by atoms with Crippen molar-refractivity contribution in [3.63, 3.8) is 0 Å². The summed E-state index contributed by atoms with van der Waals surface area (Å²) in [5, 5.41) is 62.5. The van der Waals surface area contributed by atoms with Gasteiger partial charge in [-0.1, -0.05) is 144 Å². The first-order valence-corrected chi connectivity index (χ1v) is 26.2. The Morgan fingerprint density at radius 2 is 1.03 bits per heavy atom. The Morgan fingerprint density at radius 3 is 1.38 bits per heavy atom. The lowest BCUT2D eigenvalue weighted by Gasteiger charge is -2.32. The van der Waals surface area contributed by atoms with Crippen LogP contribution in [0, 0.1) is 11.8 Å². The van der Waals surface area contributed by atoms with Gasteiger partial charge in [-0.05, 0) is 102 Å². The molecule has 14 nitrogen and oxygen atoms in total. The smallest absolute Gasteiger partial charge is 0.309 e. The third-order valence-corrected chi connectivity index (χ3v) is 12.6. The molecule has 0 amide bonds. The number of hydrogen-bond acceptors (Lipinski definition) is 14. The predicted octanol–water partition coefficient (Wildman–Crippen LogP) is 9.46. The number of benzene rings is 2. The number of aliphatic hydroxyl groups is 6. The van der Waals surface area contributed by atoms with Gasteiger partial charge in [0.1, 0.15) is 35.6 Å². The average Bonchev–Trinajstić information content (AvgIpc) is 3.34. The van der Waals surface area contributed by atoms with Crippen molar-refractivity contribution >= 4 is 23.9 Å². The fourth-order valence-electron chi connectivity index (χ4n) is 8.19. The molecule has 14 heteroatoms. The molecule has 2 aromatic rings. The molecule has 422 valence electrons. The number of ether oxygens (including phenoxy) is 4. The molecule has 2 aliphatic rings. The van der Waals surface area contributed by atoms with Crippen LogP contribution in [-0.4, -0.2) is 114 Å². The largest absolute Gasteiger partial charge is 0.457 e. The van der Waals surface area contributed by atoms with E-state index in [2.05, 4.69) is 13.2 Å². The molecule has 6 N–H and O–H groups in total. The maximum atomic E-state index is 12.6. The number of allylic oxidation sites excluding steroid dienone is 4. The summed E-state index contributed by atoms with van der Waals surface area (Å²) in [6, 6.07) is 19.6. The Kier molecular flexibility index (Phi) is 30.0. The molecule has 0 radical (unpaired) electrons. The number of carbonyl (C=O) groups is 4. The molecular weight excluding hydrogens is 969 g/mol. The molecule has 0 fully saturated rings. The van der Waals surface area contributed by atoms with Gasteiger partial charge in [-0.3, -0.25) is 19.2 Å². The maximum absolute atomic E-state index is 12.6. The lowest BCUT2D eigenvalue weighted by molar-refractivity contribution is -0.158. The van der Waals surface area contributed by atoms with E-state index in [-0.39, 0.29) is 50.4 Å². The zero-order chi connectivity index (χ0) is 57.9. The van der Waals surface area contributed by atoms with Crippen molar-refractivity contribution in [3.8, 4) is 0 Å². The van der Waals surface area contributed by atoms with E-state index in [1.165, 1.54) is 13.8 Å². The van der Waals surface area contributed by atoms with Gasteiger partial charge in [0.05, 0.1) is 36.3 Å². The molecule has 2 heterocycles. The van der Waals surface area contributed by atoms with Crippen LogP contribution in [0.3, 0.4) is 0 Å². The standard InChI is InChI=1S/C29H40O7.C20H30O6.C11H14O.C2H6/c1-20(10-9-16-28(4,33)19-23-11-7-6-8-12-23)27-21(2)13-14-25(35-22(3)30)29(5,34)17-15-24(31)18-26(32)36-27;1-6-7-13(2)19-14(3)8-9-17(25-15(4)21)20(5,24)11-10-16(22)12-18(23)26-19;1-3-11(2,12)9-10-7-5-4-6-8-10;1-2/h6-14,16,21,24-25,27,31,33-34H,15,17-19H2,1-5H3;6-9,14,16-17,19,22,24H,1,10-12H2,2-5H3;3-8,12H,1,9H2,2H3;1-2H3/b14-13+,16-9+,20-10+;9-8+,13-7+;;/t21-,24+,25-,27+,28?,29+;14-,16+,17-,19+,20+;;/m00../s1. The lowest BCUT2D eigenvalue weighted by atomic mass is 9.88.